The van der Waals surface area contributed by atoms with Crippen LogP contribution in [-0.2, 0) is 9.59 Å². The summed E-state index contributed by atoms with van der Waals surface area (Å²) in [5, 5.41) is 0. The standard InChI is InChI=1S/C14H22N2O2/c1-3-14(6-7-14)9-16-10(2)12(17)15-8-4-5-11(15)13(16)18/h10-11H,3-9H2,1-2H3. The van der Waals surface area contributed by atoms with Gasteiger partial charge in [-0.1, -0.05) is 6.92 Å². The lowest BCUT2D eigenvalue weighted by Gasteiger charge is -2.42. The number of hydrogen-bond acceptors (Lipinski definition) is 2. The Morgan fingerprint density at radius 1 is 1.28 bits per heavy atom. The monoisotopic (exact) mass is 250 g/mol. The summed E-state index contributed by atoms with van der Waals surface area (Å²) < 4.78 is 0. The van der Waals surface area contributed by atoms with Crippen LogP contribution >= 0.6 is 0 Å². The van der Waals surface area contributed by atoms with E-state index in [2.05, 4.69) is 6.92 Å². The Bertz CT molecular complexity index is 389. The zero-order valence-corrected chi connectivity index (χ0v) is 11.3. The molecule has 0 radical (unpaired) electrons. The highest BCUT2D eigenvalue weighted by Gasteiger charge is 2.50. The first-order valence-corrected chi connectivity index (χ1v) is 7.19. The normalized spacial score (nSPS) is 33.9. The molecule has 3 rings (SSSR count). The summed E-state index contributed by atoms with van der Waals surface area (Å²) in [7, 11) is 0. The van der Waals surface area contributed by atoms with Crippen LogP contribution in [0.2, 0.25) is 0 Å². The van der Waals surface area contributed by atoms with Gasteiger partial charge in [-0.15, -0.1) is 0 Å². The maximum Gasteiger partial charge on any atom is 0.246 e. The van der Waals surface area contributed by atoms with Crippen LogP contribution in [0.25, 0.3) is 0 Å². The number of carbonyl (C=O) groups excluding carboxylic acids is 2. The van der Waals surface area contributed by atoms with Crippen LogP contribution in [0.1, 0.15) is 46.0 Å². The van der Waals surface area contributed by atoms with Gasteiger partial charge in [-0.2, -0.15) is 0 Å². The first kappa shape index (κ1) is 12.0. The second kappa shape index (κ2) is 3.97. The van der Waals surface area contributed by atoms with Crippen molar-refractivity contribution in [3.8, 4) is 0 Å². The molecule has 3 fully saturated rings. The van der Waals surface area contributed by atoms with Crippen LogP contribution in [0.4, 0.5) is 0 Å². The molecule has 0 aromatic carbocycles. The Morgan fingerprint density at radius 3 is 2.61 bits per heavy atom. The summed E-state index contributed by atoms with van der Waals surface area (Å²) in [6.07, 6.45) is 5.37. The molecule has 0 aromatic rings. The third kappa shape index (κ3) is 1.65. The van der Waals surface area contributed by atoms with Crippen molar-refractivity contribution in [2.24, 2.45) is 5.41 Å². The van der Waals surface area contributed by atoms with E-state index in [0.717, 1.165) is 32.4 Å². The van der Waals surface area contributed by atoms with E-state index in [4.69, 9.17) is 0 Å². The summed E-state index contributed by atoms with van der Waals surface area (Å²) in [5.74, 6) is 0.350. The number of rotatable bonds is 3. The minimum absolute atomic E-state index is 0.152. The molecule has 4 nitrogen and oxygen atoms in total. The van der Waals surface area contributed by atoms with Crippen LogP contribution in [0.15, 0.2) is 0 Å². The summed E-state index contributed by atoms with van der Waals surface area (Å²) >= 11 is 0. The molecule has 0 aromatic heterocycles. The highest BCUT2D eigenvalue weighted by Crippen LogP contribution is 2.49. The number of hydrogen-bond donors (Lipinski definition) is 0. The van der Waals surface area contributed by atoms with E-state index in [9.17, 15) is 9.59 Å². The van der Waals surface area contributed by atoms with Gasteiger partial charge in [0, 0.05) is 13.1 Å². The molecule has 1 aliphatic carbocycles. The van der Waals surface area contributed by atoms with Crippen molar-refractivity contribution in [1.82, 2.24) is 9.80 Å². The highest BCUT2D eigenvalue weighted by atomic mass is 16.2. The fraction of sp³-hybridized carbons (Fsp3) is 0.857. The minimum Gasteiger partial charge on any atom is -0.329 e. The van der Waals surface area contributed by atoms with Gasteiger partial charge in [0.15, 0.2) is 0 Å². The summed E-state index contributed by atoms with van der Waals surface area (Å²) in [6, 6.07) is -0.405. The molecular weight excluding hydrogens is 228 g/mol. The van der Waals surface area contributed by atoms with Crippen molar-refractivity contribution in [2.75, 3.05) is 13.1 Å². The molecule has 0 N–H and O–H groups in total. The van der Waals surface area contributed by atoms with Crippen LogP contribution in [0.5, 0.6) is 0 Å². The lowest BCUT2D eigenvalue weighted by Crippen LogP contribution is -2.62. The number of carbonyl (C=O) groups is 2. The van der Waals surface area contributed by atoms with Gasteiger partial charge in [-0.3, -0.25) is 9.59 Å². The van der Waals surface area contributed by atoms with E-state index in [1.807, 2.05) is 11.8 Å². The first-order valence-electron chi connectivity index (χ1n) is 7.19. The van der Waals surface area contributed by atoms with Crippen molar-refractivity contribution in [3.63, 3.8) is 0 Å². The molecule has 100 valence electrons. The highest BCUT2D eigenvalue weighted by molar-refractivity contribution is 5.97. The zero-order chi connectivity index (χ0) is 12.9. The summed E-state index contributed by atoms with van der Waals surface area (Å²) in [6.45, 7) is 5.64. The predicted molar refractivity (Wildman–Crippen MR) is 67.9 cm³/mol. The molecule has 4 heteroatoms. The number of amides is 2. The second-order valence-electron chi connectivity index (χ2n) is 6.19. The number of piperazine rings is 1. The van der Waals surface area contributed by atoms with Crippen molar-refractivity contribution in [2.45, 2.75) is 58.0 Å². The van der Waals surface area contributed by atoms with Crippen molar-refractivity contribution in [3.05, 3.63) is 0 Å². The van der Waals surface area contributed by atoms with Crippen LogP contribution < -0.4 is 0 Å². The van der Waals surface area contributed by atoms with Crippen molar-refractivity contribution >= 4 is 11.8 Å². The second-order valence-corrected chi connectivity index (χ2v) is 6.19. The molecule has 0 bridgehead atoms. The fourth-order valence-corrected chi connectivity index (χ4v) is 3.42. The van der Waals surface area contributed by atoms with Gasteiger partial charge in [0.1, 0.15) is 12.1 Å². The Labute approximate surface area is 108 Å². The molecule has 2 unspecified atom stereocenters. The quantitative estimate of drug-likeness (QED) is 0.759. The van der Waals surface area contributed by atoms with Gasteiger partial charge >= 0.3 is 0 Å². The van der Waals surface area contributed by atoms with Crippen LogP contribution in [-0.4, -0.2) is 46.8 Å². The number of fused-ring (bicyclic) bond motifs is 1. The molecule has 2 aliphatic heterocycles. The Balaban J connectivity index is 1.80. The van der Waals surface area contributed by atoms with Gasteiger partial charge in [-0.05, 0) is 44.4 Å². The molecule has 1 saturated carbocycles. The Kier molecular flexibility index (Phi) is 2.65. The van der Waals surface area contributed by atoms with Crippen molar-refractivity contribution < 1.29 is 9.59 Å². The molecule has 2 atom stereocenters. The van der Waals surface area contributed by atoms with E-state index in [-0.39, 0.29) is 23.9 Å². The summed E-state index contributed by atoms with van der Waals surface area (Å²) in [5.41, 5.74) is 0.324. The molecular formula is C14H22N2O2. The van der Waals surface area contributed by atoms with E-state index in [0.29, 0.717) is 5.41 Å². The summed E-state index contributed by atoms with van der Waals surface area (Å²) in [4.78, 5) is 28.5. The zero-order valence-electron chi connectivity index (χ0n) is 11.3. The van der Waals surface area contributed by atoms with E-state index in [1.54, 1.807) is 4.90 Å². The Hall–Kier alpha value is -1.06. The first-order chi connectivity index (χ1) is 8.58. The number of nitrogens with zero attached hydrogens (tertiary/aromatic N) is 2. The molecule has 18 heavy (non-hydrogen) atoms. The molecule has 0 spiro atoms. The topological polar surface area (TPSA) is 40.6 Å². The van der Waals surface area contributed by atoms with Crippen molar-refractivity contribution in [1.29, 1.82) is 0 Å². The average Bonchev–Trinajstić information content (AvgIpc) is 2.97. The van der Waals surface area contributed by atoms with Gasteiger partial charge in [-0.25, -0.2) is 0 Å². The predicted octanol–water partition coefficient (Wildman–Crippen LogP) is 1.40. The lowest BCUT2D eigenvalue weighted by molar-refractivity contribution is -0.159. The fourth-order valence-electron chi connectivity index (χ4n) is 3.42. The van der Waals surface area contributed by atoms with Gasteiger partial charge in [0.25, 0.3) is 0 Å². The third-order valence-electron chi connectivity index (χ3n) is 5.14. The third-order valence-corrected chi connectivity index (χ3v) is 5.14. The van der Waals surface area contributed by atoms with Gasteiger partial charge < -0.3 is 9.80 Å². The molecule has 2 amide bonds. The van der Waals surface area contributed by atoms with Crippen LogP contribution in [0.3, 0.4) is 0 Å². The maximum absolute atomic E-state index is 12.5. The van der Waals surface area contributed by atoms with Gasteiger partial charge in [0.05, 0.1) is 0 Å². The molecule has 3 aliphatic rings. The smallest absolute Gasteiger partial charge is 0.246 e. The molecule has 2 heterocycles. The van der Waals surface area contributed by atoms with Crippen LogP contribution in [0, 0.1) is 5.41 Å². The largest absolute Gasteiger partial charge is 0.329 e. The SMILES string of the molecule is CCC1(CN2C(=O)C3CCCN3C(=O)C2C)CC1. The Morgan fingerprint density at radius 2 is 2.00 bits per heavy atom. The van der Waals surface area contributed by atoms with E-state index >= 15 is 0 Å². The van der Waals surface area contributed by atoms with E-state index in [1.165, 1.54) is 12.8 Å². The minimum atomic E-state index is -0.254. The molecule has 2 saturated heterocycles. The van der Waals surface area contributed by atoms with E-state index < -0.39 is 0 Å². The van der Waals surface area contributed by atoms with Gasteiger partial charge in [0.2, 0.25) is 11.8 Å². The average molecular weight is 250 g/mol. The lowest BCUT2D eigenvalue weighted by atomic mass is 9.99. The maximum atomic E-state index is 12.5.